The summed E-state index contributed by atoms with van der Waals surface area (Å²) in [6, 6.07) is 2.34. The predicted molar refractivity (Wildman–Crippen MR) is 79.3 cm³/mol. The Morgan fingerprint density at radius 3 is 2.89 bits per heavy atom. The number of nitrogens with one attached hydrogen (secondary N) is 1. The van der Waals surface area contributed by atoms with Gasteiger partial charge in [0.15, 0.2) is 0 Å². The van der Waals surface area contributed by atoms with Gasteiger partial charge in [-0.25, -0.2) is 0 Å². The second-order valence-electron chi connectivity index (χ2n) is 4.70. The van der Waals surface area contributed by atoms with Crippen LogP contribution in [0.25, 0.3) is 0 Å². The highest BCUT2D eigenvalue weighted by Gasteiger charge is 2.07. The maximum Gasteiger partial charge on any atom is 0.0589 e. The Kier molecular flexibility index (Phi) is 7.51. The zero-order valence-electron chi connectivity index (χ0n) is 12.1. The molecule has 1 rings (SSSR count). The molecule has 1 aromatic rings. The third kappa shape index (κ3) is 5.48. The molecule has 0 unspecified atom stereocenters. The number of aryl methyl sites for hydroxylation is 1. The monoisotopic (exact) mass is 270 g/mol. The molecular formula is C14H26N2OS. The lowest BCUT2D eigenvalue weighted by atomic mass is 10.2. The van der Waals surface area contributed by atoms with Crippen LogP contribution in [-0.2, 0) is 17.8 Å². The average molecular weight is 270 g/mol. The van der Waals surface area contributed by atoms with Gasteiger partial charge in [-0.2, -0.15) is 0 Å². The number of thiophene rings is 1. The maximum absolute atomic E-state index is 5.10. The minimum Gasteiger partial charge on any atom is -0.383 e. The van der Waals surface area contributed by atoms with Crippen molar-refractivity contribution in [2.24, 2.45) is 0 Å². The molecule has 0 aliphatic rings. The van der Waals surface area contributed by atoms with Crippen molar-refractivity contribution in [2.75, 3.05) is 33.9 Å². The van der Waals surface area contributed by atoms with Gasteiger partial charge in [-0.3, -0.25) is 4.90 Å². The summed E-state index contributed by atoms with van der Waals surface area (Å²) in [4.78, 5) is 5.19. The van der Waals surface area contributed by atoms with Gasteiger partial charge >= 0.3 is 0 Å². The molecule has 1 N–H and O–H groups in total. The molecule has 1 aromatic heterocycles. The fourth-order valence-electron chi connectivity index (χ4n) is 1.84. The molecule has 18 heavy (non-hydrogen) atoms. The summed E-state index contributed by atoms with van der Waals surface area (Å²) < 4.78 is 5.10. The summed E-state index contributed by atoms with van der Waals surface area (Å²) in [5.41, 5.74) is 1.45. The average Bonchev–Trinajstić information content (AvgIpc) is 2.68. The van der Waals surface area contributed by atoms with E-state index in [1.807, 2.05) is 11.3 Å². The van der Waals surface area contributed by atoms with Gasteiger partial charge in [0.05, 0.1) is 6.61 Å². The van der Waals surface area contributed by atoms with Crippen LogP contribution < -0.4 is 5.32 Å². The van der Waals surface area contributed by atoms with Crippen LogP contribution in [0.1, 0.15) is 28.7 Å². The molecule has 0 amide bonds. The van der Waals surface area contributed by atoms with Gasteiger partial charge in [0.25, 0.3) is 0 Å². The van der Waals surface area contributed by atoms with E-state index in [4.69, 9.17) is 4.74 Å². The quantitative estimate of drug-likeness (QED) is 0.698. The molecule has 0 atom stereocenters. The normalized spacial score (nSPS) is 11.4. The van der Waals surface area contributed by atoms with Crippen molar-refractivity contribution in [1.29, 1.82) is 0 Å². The summed E-state index contributed by atoms with van der Waals surface area (Å²) in [5.74, 6) is 0. The van der Waals surface area contributed by atoms with Gasteiger partial charge in [-0.1, -0.05) is 6.92 Å². The largest absolute Gasteiger partial charge is 0.383 e. The summed E-state index contributed by atoms with van der Waals surface area (Å²) in [6.07, 6.45) is 1.19. The van der Waals surface area contributed by atoms with Crippen LogP contribution in [0.2, 0.25) is 0 Å². The smallest absolute Gasteiger partial charge is 0.0589 e. The molecule has 4 heteroatoms. The number of hydrogen-bond donors (Lipinski definition) is 1. The number of methoxy groups -OCH3 is 1. The van der Waals surface area contributed by atoms with E-state index in [-0.39, 0.29) is 0 Å². The lowest BCUT2D eigenvalue weighted by molar-refractivity contribution is 0.158. The zero-order valence-corrected chi connectivity index (χ0v) is 12.9. The number of rotatable bonds is 9. The van der Waals surface area contributed by atoms with Gasteiger partial charge in [0, 0.05) is 36.5 Å². The summed E-state index contributed by atoms with van der Waals surface area (Å²) in [7, 11) is 3.90. The second kappa shape index (κ2) is 8.64. The third-order valence-electron chi connectivity index (χ3n) is 2.92. The minimum atomic E-state index is 0.796. The van der Waals surface area contributed by atoms with Crippen molar-refractivity contribution in [3.63, 3.8) is 0 Å². The molecule has 0 aliphatic heterocycles. The Bertz CT molecular complexity index is 339. The zero-order chi connectivity index (χ0) is 13.4. The first-order chi connectivity index (χ1) is 8.67. The van der Waals surface area contributed by atoms with Crippen molar-refractivity contribution < 1.29 is 4.74 Å². The molecule has 104 valence electrons. The van der Waals surface area contributed by atoms with E-state index in [9.17, 15) is 0 Å². The molecule has 0 spiro atoms. The Hall–Kier alpha value is -0.420. The number of likely N-dealkylation sites (N-methyl/N-ethyl adjacent to an activating group) is 1. The highest BCUT2D eigenvalue weighted by atomic mass is 32.1. The summed E-state index contributed by atoms with van der Waals surface area (Å²) >= 11 is 1.91. The van der Waals surface area contributed by atoms with Gasteiger partial charge in [0.2, 0.25) is 0 Å². The van der Waals surface area contributed by atoms with E-state index >= 15 is 0 Å². The van der Waals surface area contributed by atoms with E-state index in [2.05, 4.69) is 37.2 Å². The first-order valence-corrected chi connectivity index (χ1v) is 7.45. The van der Waals surface area contributed by atoms with Crippen LogP contribution in [0, 0.1) is 6.92 Å². The number of hydrogen-bond acceptors (Lipinski definition) is 4. The Balaban J connectivity index is 2.45. The van der Waals surface area contributed by atoms with E-state index in [1.54, 1.807) is 7.11 Å². The molecule has 0 fully saturated rings. The molecule has 1 heterocycles. The Labute approximate surface area is 115 Å². The van der Waals surface area contributed by atoms with Crippen LogP contribution in [0.3, 0.4) is 0 Å². The van der Waals surface area contributed by atoms with Crippen molar-refractivity contribution in [1.82, 2.24) is 10.2 Å². The summed E-state index contributed by atoms with van der Waals surface area (Å²) in [5, 5.41) is 3.46. The van der Waals surface area contributed by atoms with E-state index in [1.165, 1.54) is 21.7 Å². The molecule has 0 radical (unpaired) electrons. The van der Waals surface area contributed by atoms with Gasteiger partial charge in [0.1, 0.15) is 0 Å². The second-order valence-corrected chi connectivity index (χ2v) is 6.04. The van der Waals surface area contributed by atoms with E-state index in [0.717, 1.165) is 32.8 Å². The Morgan fingerprint density at radius 1 is 1.44 bits per heavy atom. The third-order valence-corrected chi connectivity index (χ3v) is 4.01. The highest BCUT2D eigenvalue weighted by Crippen LogP contribution is 2.22. The topological polar surface area (TPSA) is 24.5 Å². The molecule has 0 saturated heterocycles. The molecule has 0 bridgehead atoms. The van der Waals surface area contributed by atoms with Crippen LogP contribution >= 0.6 is 11.3 Å². The van der Waals surface area contributed by atoms with Gasteiger partial charge < -0.3 is 10.1 Å². The number of nitrogens with zero attached hydrogens (tertiary/aromatic N) is 1. The molecule has 0 aliphatic carbocycles. The number of ether oxygens (including phenoxy) is 1. The van der Waals surface area contributed by atoms with Gasteiger partial charge in [-0.15, -0.1) is 11.3 Å². The SMILES string of the molecule is CCCNCc1cc(CN(C)CCOC)c(C)s1. The lowest BCUT2D eigenvalue weighted by Gasteiger charge is -2.15. The molecular weight excluding hydrogens is 244 g/mol. The summed E-state index contributed by atoms with van der Waals surface area (Å²) in [6.45, 7) is 9.30. The van der Waals surface area contributed by atoms with Crippen molar-refractivity contribution in [3.05, 3.63) is 21.4 Å². The van der Waals surface area contributed by atoms with Crippen molar-refractivity contribution in [2.45, 2.75) is 33.4 Å². The van der Waals surface area contributed by atoms with Gasteiger partial charge in [-0.05, 0) is 38.6 Å². The maximum atomic E-state index is 5.10. The first-order valence-electron chi connectivity index (χ1n) is 6.63. The first kappa shape index (κ1) is 15.6. The lowest BCUT2D eigenvalue weighted by Crippen LogP contribution is -2.22. The molecule has 0 saturated carbocycles. The van der Waals surface area contributed by atoms with Crippen LogP contribution in [0.15, 0.2) is 6.07 Å². The highest BCUT2D eigenvalue weighted by molar-refractivity contribution is 7.12. The van der Waals surface area contributed by atoms with Crippen LogP contribution in [-0.4, -0.2) is 38.8 Å². The standard InChI is InChI=1S/C14H26N2OS/c1-5-6-15-10-14-9-13(12(2)18-14)11-16(3)7-8-17-4/h9,15H,5-8,10-11H2,1-4H3. The fourth-order valence-corrected chi connectivity index (χ4v) is 2.86. The van der Waals surface area contributed by atoms with Crippen molar-refractivity contribution in [3.8, 4) is 0 Å². The predicted octanol–water partition coefficient (Wildman–Crippen LogP) is 2.63. The molecule has 0 aromatic carbocycles. The fraction of sp³-hybridized carbons (Fsp3) is 0.714. The van der Waals surface area contributed by atoms with Crippen LogP contribution in [0.5, 0.6) is 0 Å². The molecule has 3 nitrogen and oxygen atoms in total. The van der Waals surface area contributed by atoms with E-state index in [0.29, 0.717) is 0 Å². The Morgan fingerprint density at radius 2 is 2.22 bits per heavy atom. The minimum absolute atomic E-state index is 0.796. The van der Waals surface area contributed by atoms with Crippen molar-refractivity contribution >= 4 is 11.3 Å². The van der Waals surface area contributed by atoms with E-state index < -0.39 is 0 Å². The van der Waals surface area contributed by atoms with Crippen LogP contribution in [0.4, 0.5) is 0 Å².